The number of carboxylic acids is 2. The van der Waals surface area contributed by atoms with Gasteiger partial charge in [-0.15, -0.1) is 10.2 Å². The number of aromatic nitrogens is 6. The first-order chi connectivity index (χ1) is 21.1. The van der Waals surface area contributed by atoms with Crippen molar-refractivity contribution in [2.75, 3.05) is 14.2 Å². The van der Waals surface area contributed by atoms with Crippen molar-refractivity contribution < 1.29 is 60.0 Å². The molecule has 2 aromatic carbocycles. The molecule has 13 nitrogen and oxygen atoms in total. The topological polar surface area (TPSA) is 168 Å². The summed E-state index contributed by atoms with van der Waals surface area (Å²) in [5, 5.41) is 33.7. The molecule has 2 N–H and O–H groups in total. The second-order valence-corrected chi connectivity index (χ2v) is 8.99. The van der Waals surface area contributed by atoms with E-state index in [2.05, 4.69) is 20.6 Å². The molecule has 3 aromatic heterocycles. The molecule has 0 radical (unpaired) electrons. The summed E-state index contributed by atoms with van der Waals surface area (Å²) in [5.74, 6) is -3.93. The summed E-state index contributed by atoms with van der Waals surface area (Å²) in [7, 11) is 2.48. The Kier molecular flexibility index (Phi) is 7.47. The Morgan fingerprint density at radius 2 is 1.09 bits per heavy atom. The van der Waals surface area contributed by atoms with Crippen molar-refractivity contribution in [1.82, 2.24) is 30.0 Å². The highest BCUT2D eigenvalue weighted by atomic mass is 19.4. The fraction of sp³-hybridized carbons (Fsp3) is 0.154. The van der Waals surface area contributed by atoms with Gasteiger partial charge in [-0.25, -0.2) is 19.0 Å². The van der Waals surface area contributed by atoms with E-state index < -0.39 is 46.5 Å². The molecular formula is C26H16F6N6O7. The van der Waals surface area contributed by atoms with Crippen LogP contribution in [0.3, 0.4) is 0 Å². The SMILES string of the molecule is COc1c(-c2cn(-c3ccc(C(=O)O)c(C(F)(F)F)c3)nn2)oc(-c2cn(-c3ccc(C(=O)O)c(C(F)(F)F)c3)nn2)c1OC. The normalized spacial score (nSPS) is 11.9. The molecule has 0 atom stereocenters. The van der Waals surface area contributed by atoms with Gasteiger partial charge in [-0.1, -0.05) is 10.4 Å². The highest BCUT2D eigenvalue weighted by Gasteiger charge is 2.37. The van der Waals surface area contributed by atoms with Crippen LogP contribution in [-0.2, 0) is 12.4 Å². The van der Waals surface area contributed by atoms with Crippen LogP contribution in [0.15, 0.2) is 53.2 Å². The fourth-order valence-electron chi connectivity index (χ4n) is 4.29. The maximum atomic E-state index is 13.5. The van der Waals surface area contributed by atoms with Gasteiger partial charge < -0.3 is 24.1 Å². The first-order valence-electron chi connectivity index (χ1n) is 12.1. The highest BCUT2D eigenvalue weighted by Crippen LogP contribution is 2.47. The first kappa shape index (κ1) is 30.6. The highest BCUT2D eigenvalue weighted by molar-refractivity contribution is 5.90. The summed E-state index contributed by atoms with van der Waals surface area (Å²) in [6, 6.07) is 4.89. The van der Waals surface area contributed by atoms with Crippen molar-refractivity contribution in [1.29, 1.82) is 0 Å². The smallest absolute Gasteiger partial charge is 0.417 e. The van der Waals surface area contributed by atoms with Crippen molar-refractivity contribution in [2.45, 2.75) is 12.4 Å². The molecule has 5 aromatic rings. The Morgan fingerprint density at radius 1 is 0.711 bits per heavy atom. The van der Waals surface area contributed by atoms with Gasteiger partial charge in [-0.3, -0.25) is 0 Å². The van der Waals surface area contributed by atoms with Crippen LogP contribution < -0.4 is 9.47 Å². The van der Waals surface area contributed by atoms with Crippen LogP contribution in [0, 0.1) is 0 Å². The third kappa shape index (κ3) is 5.61. The number of alkyl halides is 6. The summed E-state index contributed by atoms with van der Waals surface area (Å²) in [6.45, 7) is 0. The third-order valence-electron chi connectivity index (χ3n) is 6.29. The number of carbonyl (C=O) groups is 2. The number of carboxylic acid groups (broad SMARTS) is 2. The summed E-state index contributed by atoms with van der Waals surface area (Å²) in [4.78, 5) is 22.6. The van der Waals surface area contributed by atoms with Crippen molar-refractivity contribution in [3.05, 3.63) is 71.0 Å². The molecule has 0 aliphatic heterocycles. The average molecular weight is 638 g/mol. The molecule has 45 heavy (non-hydrogen) atoms. The van der Waals surface area contributed by atoms with Crippen molar-refractivity contribution in [3.63, 3.8) is 0 Å². The predicted octanol–water partition coefficient (Wildman–Crippen LogP) is 5.23. The Bertz CT molecular complexity index is 1810. The standard InChI is InChI=1S/C26H16F6N6O7/c1-43-21-19(17-9-37(35-33-17)11-3-5-13(23(39)40)15(7-11)25(27,28)29)45-20(22(21)44-2)18-10-38(36-34-18)12-4-6-14(24(41)42)16(8-12)26(30,31)32/h3-10H,1-2H3,(H,39,40)(H,41,42). The molecule has 0 saturated heterocycles. The van der Waals surface area contributed by atoms with Crippen LogP contribution in [0.4, 0.5) is 26.3 Å². The second kappa shape index (κ2) is 11.0. The molecule has 0 spiro atoms. The predicted molar refractivity (Wildman–Crippen MR) is 136 cm³/mol. The molecule has 0 aliphatic carbocycles. The summed E-state index contributed by atoms with van der Waals surface area (Å²) in [5.41, 5.74) is -5.25. The zero-order valence-corrected chi connectivity index (χ0v) is 22.5. The number of hydrogen-bond donors (Lipinski definition) is 2. The number of benzene rings is 2. The van der Waals surface area contributed by atoms with Gasteiger partial charge in [0.2, 0.25) is 23.0 Å². The molecular weight excluding hydrogens is 622 g/mol. The minimum Gasteiger partial charge on any atom is -0.490 e. The van der Waals surface area contributed by atoms with Crippen LogP contribution in [0.25, 0.3) is 34.3 Å². The number of furan rings is 1. The zero-order chi connectivity index (χ0) is 32.8. The Balaban J connectivity index is 1.55. The van der Waals surface area contributed by atoms with E-state index in [0.717, 1.165) is 33.6 Å². The number of aromatic carboxylic acids is 2. The van der Waals surface area contributed by atoms with E-state index in [9.17, 15) is 35.9 Å². The molecule has 3 heterocycles. The molecule has 0 fully saturated rings. The quantitative estimate of drug-likeness (QED) is 0.214. The number of nitrogens with zero attached hydrogens (tertiary/aromatic N) is 6. The Morgan fingerprint density at radius 3 is 1.40 bits per heavy atom. The molecule has 0 unspecified atom stereocenters. The van der Waals surface area contributed by atoms with Crippen LogP contribution in [0.1, 0.15) is 31.8 Å². The van der Waals surface area contributed by atoms with Crippen LogP contribution >= 0.6 is 0 Å². The average Bonchev–Trinajstić information content (AvgIpc) is 3.73. The summed E-state index contributed by atoms with van der Waals surface area (Å²) < 4.78 is 99.6. The fourth-order valence-corrected chi connectivity index (χ4v) is 4.29. The molecule has 0 amide bonds. The second-order valence-electron chi connectivity index (χ2n) is 8.99. The van der Waals surface area contributed by atoms with E-state index in [0.29, 0.717) is 12.1 Å². The van der Waals surface area contributed by atoms with Gasteiger partial charge >= 0.3 is 24.3 Å². The van der Waals surface area contributed by atoms with E-state index in [-0.39, 0.29) is 45.8 Å². The van der Waals surface area contributed by atoms with E-state index in [4.69, 9.17) is 24.1 Å². The molecule has 234 valence electrons. The molecule has 19 heteroatoms. The van der Waals surface area contributed by atoms with E-state index in [1.54, 1.807) is 0 Å². The lowest BCUT2D eigenvalue weighted by Gasteiger charge is -2.11. The molecule has 0 aliphatic rings. The molecule has 5 rings (SSSR count). The van der Waals surface area contributed by atoms with Crippen molar-refractivity contribution in [2.24, 2.45) is 0 Å². The van der Waals surface area contributed by atoms with E-state index >= 15 is 0 Å². The Labute approximate surface area is 245 Å². The molecule has 0 bridgehead atoms. The van der Waals surface area contributed by atoms with Gasteiger partial charge in [0.05, 0.1) is 60.2 Å². The zero-order valence-electron chi connectivity index (χ0n) is 22.5. The summed E-state index contributed by atoms with van der Waals surface area (Å²) in [6.07, 6.45) is -7.63. The molecule has 0 saturated carbocycles. The van der Waals surface area contributed by atoms with Crippen molar-refractivity contribution >= 4 is 11.9 Å². The van der Waals surface area contributed by atoms with Gasteiger partial charge in [-0.2, -0.15) is 26.3 Å². The monoisotopic (exact) mass is 638 g/mol. The maximum Gasteiger partial charge on any atom is 0.417 e. The lowest BCUT2D eigenvalue weighted by Crippen LogP contribution is -2.14. The van der Waals surface area contributed by atoms with Crippen molar-refractivity contribution in [3.8, 4) is 45.8 Å². The van der Waals surface area contributed by atoms with E-state index in [1.807, 2.05) is 0 Å². The van der Waals surface area contributed by atoms with Gasteiger partial charge in [0, 0.05) is 0 Å². The van der Waals surface area contributed by atoms with Gasteiger partial charge in [0.15, 0.2) is 11.4 Å². The third-order valence-corrected chi connectivity index (χ3v) is 6.29. The van der Waals surface area contributed by atoms with Gasteiger partial charge in [-0.05, 0) is 36.4 Å². The minimum absolute atomic E-state index is 0.0588. The number of halogens is 6. The van der Waals surface area contributed by atoms with Crippen LogP contribution in [0.2, 0.25) is 0 Å². The van der Waals surface area contributed by atoms with Crippen LogP contribution in [0.5, 0.6) is 11.5 Å². The van der Waals surface area contributed by atoms with Crippen LogP contribution in [-0.4, -0.2) is 66.4 Å². The summed E-state index contributed by atoms with van der Waals surface area (Å²) >= 11 is 0. The van der Waals surface area contributed by atoms with Gasteiger partial charge in [0.1, 0.15) is 0 Å². The van der Waals surface area contributed by atoms with E-state index in [1.165, 1.54) is 26.6 Å². The number of hydrogen-bond acceptors (Lipinski definition) is 9. The maximum absolute atomic E-state index is 13.5. The number of methoxy groups -OCH3 is 2. The minimum atomic E-state index is -4.98. The Hall–Kier alpha value is -5.88. The number of ether oxygens (including phenoxy) is 2. The first-order valence-corrected chi connectivity index (χ1v) is 12.1. The largest absolute Gasteiger partial charge is 0.490 e. The lowest BCUT2D eigenvalue weighted by molar-refractivity contribution is -0.138. The lowest BCUT2D eigenvalue weighted by atomic mass is 10.1. The van der Waals surface area contributed by atoms with Gasteiger partial charge in [0.25, 0.3) is 0 Å². The number of rotatable bonds is 8.